The molecule has 1 aromatic rings. The molecule has 20 heavy (non-hydrogen) atoms. The van der Waals surface area contributed by atoms with Gasteiger partial charge in [0.15, 0.2) is 5.69 Å². The summed E-state index contributed by atoms with van der Waals surface area (Å²) >= 11 is 0. The van der Waals surface area contributed by atoms with Crippen LogP contribution < -0.4 is 15.2 Å². The molecular formula is C13H15N3O4. The number of amides is 1. The molecule has 7 nitrogen and oxygen atoms in total. The van der Waals surface area contributed by atoms with Gasteiger partial charge in [0, 0.05) is 25.9 Å². The summed E-state index contributed by atoms with van der Waals surface area (Å²) in [5.41, 5.74) is -0.356. The van der Waals surface area contributed by atoms with Gasteiger partial charge in [0.05, 0.1) is 0 Å². The van der Waals surface area contributed by atoms with E-state index < -0.39 is 5.43 Å². The van der Waals surface area contributed by atoms with Crippen molar-refractivity contribution in [2.75, 3.05) is 18.6 Å². The van der Waals surface area contributed by atoms with Gasteiger partial charge in [-0.25, -0.2) is 0 Å². The summed E-state index contributed by atoms with van der Waals surface area (Å²) in [6.45, 7) is 0.824. The zero-order valence-electron chi connectivity index (χ0n) is 11.1. The van der Waals surface area contributed by atoms with Crippen LogP contribution in [0.2, 0.25) is 0 Å². The fourth-order valence-corrected chi connectivity index (χ4v) is 2.95. The normalized spacial score (nSPS) is 21.2. The van der Waals surface area contributed by atoms with Gasteiger partial charge in [-0.15, -0.1) is 0 Å². The van der Waals surface area contributed by atoms with Crippen LogP contribution in [0.5, 0.6) is 5.75 Å². The summed E-state index contributed by atoms with van der Waals surface area (Å²) in [7, 11) is 1.86. The van der Waals surface area contributed by atoms with Crippen molar-refractivity contribution in [3.05, 3.63) is 28.2 Å². The summed E-state index contributed by atoms with van der Waals surface area (Å²) in [5, 5.41) is 1.90. The highest BCUT2D eigenvalue weighted by molar-refractivity contribution is 5.96. The Kier molecular flexibility index (Phi) is 2.96. The number of carbonyl (C=O) groups is 2. The van der Waals surface area contributed by atoms with E-state index in [2.05, 4.69) is 0 Å². The van der Waals surface area contributed by atoms with Crippen LogP contribution in [0.25, 0.3) is 0 Å². The maximum atomic E-state index is 12.6. The lowest BCUT2D eigenvalue weighted by atomic mass is 10.1. The van der Waals surface area contributed by atoms with Crippen LogP contribution in [-0.2, 0) is 4.79 Å². The first-order valence-electron chi connectivity index (χ1n) is 6.55. The molecule has 0 bridgehead atoms. The van der Waals surface area contributed by atoms with E-state index >= 15 is 0 Å². The topological polar surface area (TPSA) is 71.8 Å². The second kappa shape index (κ2) is 4.66. The number of pyridine rings is 1. The Bertz CT molecular complexity index is 625. The van der Waals surface area contributed by atoms with Crippen LogP contribution in [0.15, 0.2) is 17.1 Å². The average Bonchev–Trinajstić information content (AvgIpc) is 2.47. The van der Waals surface area contributed by atoms with Crippen LogP contribution in [0.3, 0.4) is 0 Å². The second-order valence-corrected chi connectivity index (χ2v) is 4.96. The fourth-order valence-electron chi connectivity index (χ4n) is 2.95. The predicted molar refractivity (Wildman–Crippen MR) is 70.2 cm³/mol. The smallest absolute Gasteiger partial charge is 0.298 e. The third-order valence-corrected chi connectivity index (χ3v) is 3.91. The minimum atomic E-state index is -0.472. The highest BCUT2D eigenvalue weighted by atomic mass is 16.5. The van der Waals surface area contributed by atoms with Gasteiger partial charge in [-0.1, -0.05) is 0 Å². The fraction of sp³-hybridized carbons (Fsp3) is 0.462. The molecule has 7 heteroatoms. The van der Waals surface area contributed by atoms with Gasteiger partial charge in [0.25, 0.3) is 12.4 Å². The Morgan fingerprint density at radius 3 is 2.90 bits per heavy atom. The SMILES string of the molecule is CN1[C@@H]2CCCCN2C(=O)c2c(OC=O)c(=O)ccn21. The molecule has 1 atom stereocenters. The molecule has 0 spiro atoms. The van der Waals surface area contributed by atoms with E-state index in [-0.39, 0.29) is 30.0 Å². The molecule has 0 aromatic carbocycles. The van der Waals surface area contributed by atoms with Crippen molar-refractivity contribution in [1.29, 1.82) is 0 Å². The van der Waals surface area contributed by atoms with Crippen molar-refractivity contribution in [2.45, 2.75) is 25.4 Å². The van der Waals surface area contributed by atoms with Gasteiger partial charge in [0.1, 0.15) is 6.17 Å². The monoisotopic (exact) mass is 277 g/mol. The Morgan fingerprint density at radius 1 is 1.35 bits per heavy atom. The number of piperidine rings is 1. The Hall–Kier alpha value is -2.31. The quantitative estimate of drug-likeness (QED) is 0.707. The molecule has 2 aliphatic heterocycles. The van der Waals surface area contributed by atoms with Crippen LogP contribution in [0, 0.1) is 0 Å². The lowest BCUT2D eigenvalue weighted by Gasteiger charge is -2.47. The van der Waals surface area contributed by atoms with E-state index in [0.717, 1.165) is 19.3 Å². The number of rotatable bonds is 2. The first-order chi connectivity index (χ1) is 9.65. The zero-order chi connectivity index (χ0) is 14.3. The minimum absolute atomic E-state index is 0.0182. The first kappa shape index (κ1) is 12.7. The van der Waals surface area contributed by atoms with E-state index in [1.165, 1.54) is 6.07 Å². The number of ether oxygens (including phenoxy) is 1. The maximum Gasteiger partial charge on any atom is 0.298 e. The van der Waals surface area contributed by atoms with E-state index in [4.69, 9.17) is 4.74 Å². The van der Waals surface area contributed by atoms with E-state index in [0.29, 0.717) is 6.54 Å². The highest BCUT2D eigenvalue weighted by Gasteiger charge is 2.39. The predicted octanol–water partition coefficient (Wildman–Crippen LogP) is -0.0829. The number of hydrogen-bond acceptors (Lipinski definition) is 5. The number of carbonyl (C=O) groups excluding carboxylic acids is 2. The number of aromatic nitrogens is 1. The summed E-state index contributed by atoms with van der Waals surface area (Å²) < 4.78 is 6.34. The van der Waals surface area contributed by atoms with Crippen LogP contribution >= 0.6 is 0 Å². The molecule has 0 radical (unpaired) electrons. The third-order valence-electron chi connectivity index (χ3n) is 3.91. The standard InChI is InChI=1S/C13H15N3O4/c1-14-10-4-2-3-6-15(10)13(19)11-12(20-8-17)9(18)5-7-16(11)14/h5,7-8,10H,2-4,6H2,1H3/t10-/m0/s1. The lowest BCUT2D eigenvalue weighted by molar-refractivity contribution is -0.120. The molecule has 3 heterocycles. The molecule has 1 fully saturated rings. The number of nitrogens with zero attached hydrogens (tertiary/aromatic N) is 3. The third kappa shape index (κ3) is 1.70. The molecule has 0 unspecified atom stereocenters. The lowest BCUT2D eigenvalue weighted by Crippen LogP contribution is -2.61. The summed E-state index contributed by atoms with van der Waals surface area (Å²) in [4.78, 5) is 36.7. The van der Waals surface area contributed by atoms with Gasteiger partial charge in [0.2, 0.25) is 11.2 Å². The molecule has 106 valence electrons. The van der Waals surface area contributed by atoms with Crippen molar-refractivity contribution >= 4 is 12.4 Å². The minimum Gasteiger partial charge on any atom is -0.422 e. The molecule has 1 saturated heterocycles. The number of fused-ring (bicyclic) bond motifs is 2. The summed E-state index contributed by atoms with van der Waals surface area (Å²) in [6.07, 6.45) is 4.41. The molecule has 0 aliphatic carbocycles. The Morgan fingerprint density at radius 2 is 2.15 bits per heavy atom. The molecular weight excluding hydrogens is 262 g/mol. The number of hydrogen-bond donors (Lipinski definition) is 0. The average molecular weight is 277 g/mol. The van der Waals surface area contributed by atoms with Crippen LogP contribution in [0.4, 0.5) is 0 Å². The molecule has 2 aliphatic rings. The van der Waals surface area contributed by atoms with E-state index in [1.807, 2.05) is 12.1 Å². The van der Waals surface area contributed by atoms with Gasteiger partial charge in [-0.2, -0.15) is 0 Å². The zero-order valence-corrected chi connectivity index (χ0v) is 11.1. The maximum absolute atomic E-state index is 12.6. The van der Waals surface area contributed by atoms with E-state index in [9.17, 15) is 14.4 Å². The Labute approximate surface area is 115 Å². The van der Waals surface area contributed by atoms with Crippen molar-refractivity contribution in [2.24, 2.45) is 0 Å². The molecule has 3 rings (SSSR count). The van der Waals surface area contributed by atoms with Crippen molar-refractivity contribution in [3.63, 3.8) is 0 Å². The van der Waals surface area contributed by atoms with Crippen molar-refractivity contribution in [1.82, 2.24) is 9.58 Å². The first-order valence-corrected chi connectivity index (χ1v) is 6.55. The van der Waals surface area contributed by atoms with Crippen molar-refractivity contribution < 1.29 is 14.3 Å². The molecule has 1 amide bonds. The summed E-state index contributed by atoms with van der Waals surface area (Å²) in [6, 6.07) is 1.30. The largest absolute Gasteiger partial charge is 0.422 e. The van der Waals surface area contributed by atoms with Gasteiger partial charge < -0.3 is 9.64 Å². The second-order valence-electron chi connectivity index (χ2n) is 4.96. The molecule has 0 saturated carbocycles. The van der Waals surface area contributed by atoms with Gasteiger partial charge in [-0.05, 0) is 19.3 Å². The van der Waals surface area contributed by atoms with Gasteiger partial charge >= 0.3 is 0 Å². The van der Waals surface area contributed by atoms with Crippen LogP contribution in [0.1, 0.15) is 29.8 Å². The van der Waals surface area contributed by atoms with E-state index in [1.54, 1.807) is 15.8 Å². The summed E-state index contributed by atoms with van der Waals surface area (Å²) in [5.74, 6) is -0.467. The highest BCUT2D eigenvalue weighted by Crippen LogP contribution is 2.28. The van der Waals surface area contributed by atoms with Crippen molar-refractivity contribution in [3.8, 4) is 5.75 Å². The van der Waals surface area contributed by atoms with Gasteiger partial charge in [-0.3, -0.25) is 24.1 Å². The molecule has 0 N–H and O–H groups in total. The molecule has 1 aromatic heterocycles. The Balaban J connectivity index is 2.18. The van der Waals surface area contributed by atoms with Crippen LogP contribution in [-0.4, -0.2) is 41.7 Å².